The predicted molar refractivity (Wildman–Crippen MR) is 56.1 cm³/mol. The molecule has 80 valence electrons. The Bertz CT molecular complexity index is 377. The van der Waals surface area contributed by atoms with Crippen LogP contribution in [0.15, 0.2) is 18.2 Å². The highest BCUT2D eigenvalue weighted by Crippen LogP contribution is 2.17. The molecule has 0 unspecified atom stereocenters. The molecule has 15 heavy (non-hydrogen) atoms. The third kappa shape index (κ3) is 3.61. The van der Waals surface area contributed by atoms with Gasteiger partial charge in [-0.05, 0) is 24.6 Å². The zero-order valence-electron chi connectivity index (χ0n) is 8.59. The molecule has 0 saturated heterocycles. The van der Waals surface area contributed by atoms with Crippen molar-refractivity contribution in [3.05, 3.63) is 29.6 Å². The Morgan fingerprint density at radius 2 is 2.27 bits per heavy atom. The first kappa shape index (κ1) is 11.5. The van der Waals surface area contributed by atoms with Crippen LogP contribution in [0.25, 0.3) is 0 Å². The highest BCUT2D eigenvalue weighted by molar-refractivity contribution is 5.46. The summed E-state index contributed by atoms with van der Waals surface area (Å²) >= 11 is 0. The molecule has 0 aliphatic rings. The Labute approximate surface area is 88.7 Å². The molecule has 3 heteroatoms. The lowest BCUT2D eigenvalue weighted by Crippen LogP contribution is -1.89. The number of aliphatic hydroxyl groups excluding tert-OH is 1. The van der Waals surface area contributed by atoms with Crippen molar-refractivity contribution in [3.63, 3.8) is 0 Å². The molecule has 0 heterocycles. The Hall–Kier alpha value is -1.53. The topological polar surface area (TPSA) is 29.5 Å². The molecule has 1 aromatic rings. The van der Waals surface area contributed by atoms with Crippen LogP contribution in [0.4, 0.5) is 4.39 Å². The van der Waals surface area contributed by atoms with Crippen molar-refractivity contribution in [2.45, 2.75) is 12.8 Å². The lowest BCUT2D eigenvalue weighted by molar-refractivity contribution is 0.290. The van der Waals surface area contributed by atoms with Crippen LogP contribution in [0.2, 0.25) is 0 Å². The fraction of sp³-hybridized carbons (Fsp3) is 0.333. The minimum Gasteiger partial charge on any atom is -0.495 e. The van der Waals surface area contributed by atoms with Crippen LogP contribution in [-0.4, -0.2) is 18.8 Å². The highest BCUT2D eigenvalue weighted by atomic mass is 19.1. The smallest absolute Gasteiger partial charge is 0.134 e. The second-order valence-electron chi connectivity index (χ2n) is 2.97. The highest BCUT2D eigenvalue weighted by Gasteiger charge is 2.00. The molecule has 0 saturated carbocycles. The number of halogens is 1. The van der Waals surface area contributed by atoms with E-state index in [1.54, 1.807) is 6.07 Å². The van der Waals surface area contributed by atoms with E-state index in [1.807, 2.05) is 0 Å². The average molecular weight is 208 g/mol. The molecule has 0 fully saturated rings. The van der Waals surface area contributed by atoms with Gasteiger partial charge < -0.3 is 9.84 Å². The maximum Gasteiger partial charge on any atom is 0.134 e. The molecular formula is C12H13FO2. The van der Waals surface area contributed by atoms with E-state index in [1.165, 1.54) is 19.2 Å². The van der Waals surface area contributed by atoms with Gasteiger partial charge in [-0.15, -0.1) is 0 Å². The molecule has 0 bridgehead atoms. The molecule has 0 aliphatic heterocycles. The molecule has 0 aliphatic carbocycles. The van der Waals surface area contributed by atoms with Crippen LogP contribution in [0.3, 0.4) is 0 Å². The summed E-state index contributed by atoms with van der Waals surface area (Å²) in [6.45, 7) is 0.120. The van der Waals surface area contributed by atoms with E-state index in [4.69, 9.17) is 9.84 Å². The third-order valence-electron chi connectivity index (χ3n) is 1.84. The molecule has 0 spiro atoms. The monoisotopic (exact) mass is 208 g/mol. The third-order valence-corrected chi connectivity index (χ3v) is 1.84. The van der Waals surface area contributed by atoms with E-state index in [2.05, 4.69) is 11.8 Å². The summed E-state index contributed by atoms with van der Waals surface area (Å²) in [5, 5.41) is 8.56. The number of ether oxygens (including phenoxy) is 1. The van der Waals surface area contributed by atoms with Gasteiger partial charge in [0.1, 0.15) is 11.6 Å². The first-order chi connectivity index (χ1) is 7.27. The van der Waals surface area contributed by atoms with Crippen molar-refractivity contribution in [2.24, 2.45) is 0 Å². The SMILES string of the molecule is COc1ccc(F)cc1C#CCCCO. The van der Waals surface area contributed by atoms with Crippen molar-refractivity contribution in [2.75, 3.05) is 13.7 Å². The van der Waals surface area contributed by atoms with Crippen molar-refractivity contribution in [1.82, 2.24) is 0 Å². The summed E-state index contributed by atoms with van der Waals surface area (Å²) in [6, 6.07) is 4.22. The zero-order valence-corrected chi connectivity index (χ0v) is 8.59. The Balaban J connectivity index is 2.80. The second-order valence-corrected chi connectivity index (χ2v) is 2.97. The predicted octanol–water partition coefficient (Wildman–Crippen LogP) is 1.96. The van der Waals surface area contributed by atoms with Crippen LogP contribution in [0.5, 0.6) is 5.75 Å². The normalized spacial score (nSPS) is 9.27. The van der Waals surface area contributed by atoms with Gasteiger partial charge in [0.15, 0.2) is 0 Å². The van der Waals surface area contributed by atoms with Crippen LogP contribution >= 0.6 is 0 Å². The summed E-state index contributed by atoms with van der Waals surface area (Å²) in [7, 11) is 1.52. The quantitative estimate of drug-likeness (QED) is 0.607. The van der Waals surface area contributed by atoms with E-state index in [-0.39, 0.29) is 12.4 Å². The van der Waals surface area contributed by atoms with Gasteiger partial charge in [-0.3, -0.25) is 0 Å². The van der Waals surface area contributed by atoms with E-state index >= 15 is 0 Å². The van der Waals surface area contributed by atoms with Gasteiger partial charge >= 0.3 is 0 Å². The van der Waals surface area contributed by atoms with Gasteiger partial charge in [0, 0.05) is 13.0 Å². The maximum atomic E-state index is 12.9. The Kier molecular flexibility index (Phi) is 4.65. The number of hydrogen-bond acceptors (Lipinski definition) is 2. The summed E-state index contributed by atoms with van der Waals surface area (Å²) < 4.78 is 17.9. The summed E-state index contributed by atoms with van der Waals surface area (Å²) in [5.74, 6) is 5.89. The molecule has 0 amide bonds. The first-order valence-corrected chi connectivity index (χ1v) is 4.71. The second kappa shape index (κ2) is 6.05. The van der Waals surface area contributed by atoms with Gasteiger partial charge in [0.25, 0.3) is 0 Å². The Morgan fingerprint density at radius 1 is 1.47 bits per heavy atom. The van der Waals surface area contributed by atoms with Crippen LogP contribution in [0, 0.1) is 17.7 Å². The minimum atomic E-state index is -0.331. The number of benzene rings is 1. The molecule has 1 N–H and O–H groups in total. The Morgan fingerprint density at radius 3 is 2.93 bits per heavy atom. The van der Waals surface area contributed by atoms with Crippen molar-refractivity contribution in [1.29, 1.82) is 0 Å². The summed E-state index contributed by atoms with van der Waals surface area (Å²) in [6.07, 6.45) is 1.22. The lowest BCUT2D eigenvalue weighted by Gasteiger charge is -2.01. The van der Waals surface area contributed by atoms with E-state index in [0.29, 0.717) is 24.2 Å². The van der Waals surface area contributed by atoms with Crippen molar-refractivity contribution < 1.29 is 14.2 Å². The molecule has 2 nitrogen and oxygen atoms in total. The maximum absolute atomic E-state index is 12.9. The van der Waals surface area contributed by atoms with E-state index in [9.17, 15) is 4.39 Å². The molecule has 1 aromatic carbocycles. The van der Waals surface area contributed by atoms with Gasteiger partial charge in [0.05, 0.1) is 12.7 Å². The number of aliphatic hydroxyl groups is 1. The van der Waals surface area contributed by atoms with Gasteiger partial charge in [-0.1, -0.05) is 11.8 Å². The lowest BCUT2D eigenvalue weighted by atomic mass is 10.2. The molecule has 0 radical (unpaired) electrons. The molecule has 1 rings (SSSR count). The van der Waals surface area contributed by atoms with Crippen LogP contribution in [-0.2, 0) is 0 Å². The number of hydrogen-bond donors (Lipinski definition) is 1. The van der Waals surface area contributed by atoms with Crippen molar-refractivity contribution in [3.8, 4) is 17.6 Å². The van der Waals surface area contributed by atoms with Crippen LogP contribution in [0.1, 0.15) is 18.4 Å². The van der Waals surface area contributed by atoms with Gasteiger partial charge in [0.2, 0.25) is 0 Å². The van der Waals surface area contributed by atoms with Gasteiger partial charge in [-0.2, -0.15) is 0 Å². The first-order valence-electron chi connectivity index (χ1n) is 4.71. The molecule has 0 aromatic heterocycles. The van der Waals surface area contributed by atoms with E-state index in [0.717, 1.165) is 0 Å². The largest absolute Gasteiger partial charge is 0.495 e. The molecular weight excluding hydrogens is 195 g/mol. The van der Waals surface area contributed by atoms with E-state index < -0.39 is 0 Å². The minimum absolute atomic E-state index is 0.120. The fourth-order valence-corrected chi connectivity index (χ4v) is 1.10. The molecule has 0 atom stereocenters. The van der Waals surface area contributed by atoms with Crippen molar-refractivity contribution >= 4 is 0 Å². The standard InChI is InChI=1S/C12H13FO2/c1-15-12-7-6-11(13)9-10(12)5-3-2-4-8-14/h6-7,9,14H,2,4,8H2,1H3. The number of methoxy groups -OCH3 is 1. The zero-order chi connectivity index (χ0) is 11.1. The number of rotatable bonds is 3. The van der Waals surface area contributed by atoms with Gasteiger partial charge in [-0.25, -0.2) is 4.39 Å². The number of unbranched alkanes of at least 4 members (excludes halogenated alkanes) is 1. The van der Waals surface area contributed by atoms with Crippen LogP contribution < -0.4 is 4.74 Å². The summed E-state index contributed by atoms with van der Waals surface area (Å²) in [5.41, 5.74) is 0.537. The average Bonchev–Trinajstić information content (AvgIpc) is 2.25. The fourth-order valence-electron chi connectivity index (χ4n) is 1.10. The summed E-state index contributed by atoms with van der Waals surface area (Å²) in [4.78, 5) is 0.